The van der Waals surface area contributed by atoms with Crippen molar-refractivity contribution in [2.45, 2.75) is 25.9 Å². The van der Waals surface area contributed by atoms with Crippen LogP contribution in [0.15, 0.2) is 6.20 Å². The SMILES string of the molecule is CC#CCCC(O)c1ncc(Cl)n1C. The number of hydrogen-bond acceptors (Lipinski definition) is 2. The van der Waals surface area contributed by atoms with Crippen molar-refractivity contribution in [2.24, 2.45) is 7.05 Å². The third kappa shape index (κ3) is 2.50. The highest BCUT2D eigenvalue weighted by Crippen LogP contribution is 2.19. The first kappa shape index (κ1) is 11.1. The average molecular weight is 213 g/mol. The molecule has 76 valence electrons. The lowest BCUT2D eigenvalue weighted by molar-refractivity contribution is 0.156. The fraction of sp³-hybridized carbons (Fsp3) is 0.500. The molecule has 0 radical (unpaired) electrons. The summed E-state index contributed by atoms with van der Waals surface area (Å²) in [6, 6.07) is 0. The van der Waals surface area contributed by atoms with Crippen LogP contribution in [0.5, 0.6) is 0 Å². The zero-order valence-electron chi connectivity index (χ0n) is 8.29. The first-order valence-electron chi connectivity index (χ1n) is 4.41. The highest BCUT2D eigenvalue weighted by molar-refractivity contribution is 6.29. The Labute approximate surface area is 88.7 Å². The van der Waals surface area contributed by atoms with Gasteiger partial charge in [-0.2, -0.15) is 0 Å². The second kappa shape index (κ2) is 5.04. The standard InChI is InChI=1S/C10H13ClN2O/c1-3-4-5-6-8(14)10-12-7-9(11)13(10)2/h7-8,14H,5-6H2,1-2H3. The number of halogens is 1. The fourth-order valence-corrected chi connectivity index (χ4v) is 1.31. The molecule has 3 nitrogen and oxygen atoms in total. The Balaban J connectivity index is 2.63. The van der Waals surface area contributed by atoms with Crippen molar-refractivity contribution in [2.75, 3.05) is 0 Å². The third-order valence-corrected chi connectivity index (χ3v) is 2.34. The normalized spacial score (nSPS) is 12.0. The Morgan fingerprint density at radius 3 is 2.93 bits per heavy atom. The molecular weight excluding hydrogens is 200 g/mol. The molecule has 0 amide bonds. The lowest BCUT2D eigenvalue weighted by Crippen LogP contribution is -2.05. The highest BCUT2D eigenvalue weighted by Gasteiger charge is 2.13. The zero-order chi connectivity index (χ0) is 10.6. The topological polar surface area (TPSA) is 38.1 Å². The van der Waals surface area contributed by atoms with Gasteiger partial charge in [-0.1, -0.05) is 11.6 Å². The van der Waals surface area contributed by atoms with Crippen LogP contribution in [0, 0.1) is 11.8 Å². The summed E-state index contributed by atoms with van der Waals surface area (Å²) >= 11 is 5.80. The van der Waals surface area contributed by atoms with E-state index in [1.165, 1.54) is 6.20 Å². The van der Waals surface area contributed by atoms with Gasteiger partial charge in [0.25, 0.3) is 0 Å². The molecule has 14 heavy (non-hydrogen) atoms. The smallest absolute Gasteiger partial charge is 0.138 e. The molecule has 1 N–H and O–H groups in total. The van der Waals surface area contributed by atoms with Crippen LogP contribution < -0.4 is 0 Å². The molecule has 0 saturated carbocycles. The van der Waals surface area contributed by atoms with Crippen LogP contribution in [0.2, 0.25) is 5.15 Å². The van der Waals surface area contributed by atoms with E-state index in [2.05, 4.69) is 16.8 Å². The van der Waals surface area contributed by atoms with Crippen LogP contribution >= 0.6 is 11.6 Å². The quantitative estimate of drug-likeness (QED) is 0.778. The Hall–Kier alpha value is -0.980. The van der Waals surface area contributed by atoms with E-state index in [4.69, 9.17) is 11.6 Å². The molecule has 1 atom stereocenters. The largest absolute Gasteiger partial charge is 0.385 e. The summed E-state index contributed by atoms with van der Waals surface area (Å²) in [6.45, 7) is 1.78. The first-order chi connectivity index (χ1) is 6.66. The molecule has 1 rings (SSSR count). The molecule has 0 aromatic carbocycles. The predicted molar refractivity (Wildman–Crippen MR) is 55.9 cm³/mol. The number of nitrogens with zero attached hydrogens (tertiary/aromatic N) is 2. The molecule has 1 unspecified atom stereocenters. The van der Waals surface area contributed by atoms with Gasteiger partial charge in [0.05, 0.1) is 6.20 Å². The summed E-state index contributed by atoms with van der Waals surface area (Å²) < 4.78 is 1.67. The number of hydrogen-bond donors (Lipinski definition) is 1. The summed E-state index contributed by atoms with van der Waals surface area (Å²) in [5.41, 5.74) is 0. The Morgan fingerprint density at radius 2 is 2.43 bits per heavy atom. The van der Waals surface area contributed by atoms with E-state index in [9.17, 15) is 5.11 Å². The Kier molecular flexibility index (Phi) is 3.99. The molecule has 0 saturated heterocycles. The molecule has 0 fully saturated rings. The van der Waals surface area contributed by atoms with E-state index in [0.29, 0.717) is 23.8 Å². The maximum atomic E-state index is 9.73. The second-order valence-corrected chi connectivity index (χ2v) is 3.37. The van der Waals surface area contributed by atoms with Gasteiger partial charge in [-0.25, -0.2) is 4.98 Å². The Bertz CT molecular complexity index is 362. The maximum Gasteiger partial charge on any atom is 0.138 e. The summed E-state index contributed by atoms with van der Waals surface area (Å²) in [5, 5.41) is 10.3. The van der Waals surface area contributed by atoms with E-state index >= 15 is 0 Å². The number of imidazole rings is 1. The van der Waals surface area contributed by atoms with Crippen LogP contribution in [0.1, 0.15) is 31.7 Å². The molecule has 0 aliphatic rings. The molecule has 1 heterocycles. The van der Waals surface area contributed by atoms with Gasteiger partial charge in [0.15, 0.2) is 0 Å². The van der Waals surface area contributed by atoms with Crippen molar-refractivity contribution in [3.63, 3.8) is 0 Å². The minimum Gasteiger partial charge on any atom is -0.385 e. The molecule has 0 bridgehead atoms. The first-order valence-corrected chi connectivity index (χ1v) is 4.79. The van der Waals surface area contributed by atoms with Crippen LogP contribution in [0.3, 0.4) is 0 Å². The minimum absolute atomic E-state index is 0.528. The van der Waals surface area contributed by atoms with E-state index in [1.807, 2.05) is 0 Å². The third-order valence-electron chi connectivity index (χ3n) is 1.99. The number of aliphatic hydroxyl groups is 1. The number of aromatic nitrogens is 2. The summed E-state index contributed by atoms with van der Waals surface area (Å²) in [4.78, 5) is 4.03. The van der Waals surface area contributed by atoms with Crippen molar-refractivity contribution in [1.29, 1.82) is 0 Å². The van der Waals surface area contributed by atoms with Gasteiger partial charge in [-0.05, 0) is 13.3 Å². The number of rotatable bonds is 3. The lowest BCUT2D eigenvalue weighted by Gasteiger charge is -2.08. The van der Waals surface area contributed by atoms with Gasteiger partial charge in [-0.3, -0.25) is 0 Å². The molecule has 1 aromatic rings. The van der Waals surface area contributed by atoms with E-state index in [0.717, 1.165) is 0 Å². The predicted octanol–water partition coefficient (Wildman–Crippen LogP) is 1.91. The van der Waals surface area contributed by atoms with Crippen molar-refractivity contribution in [3.8, 4) is 11.8 Å². The van der Waals surface area contributed by atoms with Crippen molar-refractivity contribution in [1.82, 2.24) is 9.55 Å². The highest BCUT2D eigenvalue weighted by atomic mass is 35.5. The molecule has 1 aromatic heterocycles. The molecule has 0 spiro atoms. The van der Waals surface area contributed by atoms with Crippen LogP contribution in [-0.2, 0) is 7.05 Å². The summed E-state index contributed by atoms with van der Waals surface area (Å²) in [6.07, 6.45) is 2.20. The monoisotopic (exact) mass is 212 g/mol. The van der Waals surface area contributed by atoms with E-state index in [1.54, 1.807) is 18.5 Å². The van der Waals surface area contributed by atoms with Gasteiger partial charge in [0.2, 0.25) is 0 Å². The van der Waals surface area contributed by atoms with Gasteiger partial charge in [0.1, 0.15) is 17.1 Å². The summed E-state index contributed by atoms with van der Waals surface area (Å²) in [5.74, 6) is 6.27. The molecular formula is C10H13ClN2O. The van der Waals surface area contributed by atoms with Gasteiger partial charge in [-0.15, -0.1) is 11.8 Å². The Morgan fingerprint density at radius 1 is 1.71 bits per heavy atom. The van der Waals surface area contributed by atoms with Crippen molar-refractivity contribution in [3.05, 3.63) is 17.2 Å². The summed E-state index contributed by atoms with van der Waals surface area (Å²) in [7, 11) is 1.78. The van der Waals surface area contributed by atoms with Gasteiger partial charge >= 0.3 is 0 Å². The van der Waals surface area contributed by atoms with Crippen LogP contribution in [-0.4, -0.2) is 14.7 Å². The molecule has 0 aliphatic heterocycles. The molecule has 4 heteroatoms. The van der Waals surface area contributed by atoms with Gasteiger partial charge < -0.3 is 9.67 Å². The second-order valence-electron chi connectivity index (χ2n) is 2.98. The maximum absolute atomic E-state index is 9.73. The van der Waals surface area contributed by atoms with Crippen LogP contribution in [0.25, 0.3) is 0 Å². The minimum atomic E-state index is -0.589. The van der Waals surface area contributed by atoms with Gasteiger partial charge in [0, 0.05) is 13.5 Å². The fourth-order valence-electron chi connectivity index (χ4n) is 1.17. The number of aliphatic hydroxyl groups excluding tert-OH is 1. The van der Waals surface area contributed by atoms with E-state index < -0.39 is 6.10 Å². The zero-order valence-corrected chi connectivity index (χ0v) is 9.04. The van der Waals surface area contributed by atoms with Crippen LogP contribution in [0.4, 0.5) is 0 Å². The van der Waals surface area contributed by atoms with Crippen molar-refractivity contribution >= 4 is 11.6 Å². The lowest BCUT2D eigenvalue weighted by atomic mass is 10.2. The van der Waals surface area contributed by atoms with Crippen molar-refractivity contribution < 1.29 is 5.11 Å². The molecule has 0 aliphatic carbocycles. The van der Waals surface area contributed by atoms with E-state index in [-0.39, 0.29) is 0 Å². The average Bonchev–Trinajstić information content (AvgIpc) is 2.48.